The molecule has 1 atom stereocenters. The monoisotopic (exact) mass is 298 g/mol. The molecule has 20 heavy (non-hydrogen) atoms. The summed E-state index contributed by atoms with van der Waals surface area (Å²) in [4.78, 5) is 13.7. The van der Waals surface area contributed by atoms with E-state index in [0.29, 0.717) is 18.1 Å². The van der Waals surface area contributed by atoms with E-state index < -0.39 is 6.10 Å². The lowest BCUT2D eigenvalue weighted by molar-refractivity contribution is 0.119. The maximum atomic E-state index is 12.0. The van der Waals surface area contributed by atoms with Crippen molar-refractivity contribution in [1.82, 2.24) is 10.2 Å². The fourth-order valence-corrected chi connectivity index (χ4v) is 2.01. The van der Waals surface area contributed by atoms with Crippen molar-refractivity contribution >= 4 is 17.6 Å². The number of nitrogens with zero attached hydrogens (tertiary/aromatic N) is 1. The molecule has 0 bridgehead atoms. The number of aliphatic hydroxyl groups is 1. The number of hydrogen-bond donors (Lipinski definition) is 2. The first-order valence-corrected chi connectivity index (χ1v) is 7.25. The van der Waals surface area contributed by atoms with E-state index in [1.165, 1.54) is 0 Å². The number of benzene rings is 1. The van der Waals surface area contributed by atoms with Gasteiger partial charge < -0.3 is 15.3 Å². The van der Waals surface area contributed by atoms with Crippen molar-refractivity contribution in [3.8, 4) is 0 Å². The highest BCUT2D eigenvalue weighted by Crippen LogP contribution is 2.09. The van der Waals surface area contributed by atoms with Gasteiger partial charge in [0.25, 0.3) is 0 Å². The van der Waals surface area contributed by atoms with E-state index in [9.17, 15) is 9.90 Å². The molecule has 1 unspecified atom stereocenters. The van der Waals surface area contributed by atoms with Gasteiger partial charge in [-0.25, -0.2) is 4.79 Å². The molecule has 2 amide bonds. The van der Waals surface area contributed by atoms with Gasteiger partial charge in [0.1, 0.15) is 0 Å². The second kappa shape index (κ2) is 8.12. The molecule has 0 heterocycles. The molecule has 5 heteroatoms. The summed E-state index contributed by atoms with van der Waals surface area (Å²) in [5.41, 5.74) is 1.13. The fraction of sp³-hybridized carbons (Fsp3) is 0.533. The summed E-state index contributed by atoms with van der Waals surface area (Å²) in [6.45, 7) is 6.44. The van der Waals surface area contributed by atoms with E-state index >= 15 is 0 Å². The van der Waals surface area contributed by atoms with Crippen molar-refractivity contribution in [3.63, 3.8) is 0 Å². The highest BCUT2D eigenvalue weighted by molar-refractivity contribution is 6.30. The molecule has 0 aliphatic heterocycles. The van der Waals surface area contributed by atoms with Gasteiger partial charge in [0.05, 0.1) is 6.10 Å². The van der Waals surface area contributed by atoms with E-state index in [1.54, 1.807) is 11.8 Å². The molecule has 0 aromatic heterocycles. The zero-order chi connectivity index (χ0) is 15.1. The Balaban J connectivity index is 2.43. The number of nitrogens with one attached hydrogen (secondary N) is 1. The third-order valence-corrected chi connectivity index (χ3v) is 3.20. The molecule has 0 saturated heterocycles. The molecule has 112 valence electrons. The second-order valence-corrected chi connectivity index (χ2v) is 5.64. The number of halogens is 1. The summed E-state index contributed by atoms with van der Waals surface area (Å²) in [7, 11) is 0. The van der Waals surface area contributed by atoms with E-state index in [2.05, 4.69) is 5.32 Å². The number of carbonyl (C=O) groups excluding carboxylic acids is 1. The number of carbonyl (C=O) groups is 1. The molecule has 1 aromatic carbocycles. The van der Waals surface area contributed by atoms with Crippen molar-refractivity contribution in [1.29, 1.82) is 0 Å². The zero-order valence-electron chi connectivity index (χ0n) is 12.3. The van der Waals surface area contributed by atoms with E-state index in [-0.39, 0.29) is 12.1 Å². The summed E-state index contributed by atoms with van der Waals surface area (Å²) in [6.07, 6.45) is 0.225. The maximum absolute atomic E-state index is 12.0. The summed E-state index contributed by atoms with van der Waals surface area (Å²) in [5.74, 6) is 0. The highest BCUT2D eigenvalue weighted by Gasteiger charge is 2.17. The molecule has 0 aliphatic rings. The van der Waals surface area contributed by atoms with Gasteiger partial charge in [-0.2, -0.15) is 0 Å². The molecule has 0 radical (unpaired) electrons. The molecule has 0 fully saturated rings. The van der Waals surface area contributed by atoms with Crippen LogP contribution in [0.25, 0.3) is 0 Å². The Kier molecular flexibility index (Phi) is 6.82. The number of rotatable bonds is 6. The number of urea groups is 1. The molecule has 2 N–H and O–H groups in total. The van der Waals surface area contributed by atoms with Gasteiger partial charge in [-0.3, -0.25) is 0 Å². The van der Waals surface area contributed by atoms with Crippen LogP contribution in [0.1, 0.15) is 26.3 Å². The minimum absolute atomic E-state index is 0.0557. The first-order chi connectivity index (χ1) is 9.40. The van der Waals surface area contributed by atoms with Crippen LogP contribution >= 0.6 is 11.6 Å². The maximum Gasteiger partial charge on any atom is 0.317 e. The fourth-order valence-electron chi connectivity index (χ4n) is 1.88. The van der Waals surface area contributed by atoms with Gasteiger partial charge in [0.15, 0.2) is 0 Å². The normalized spacial score (nSPS) is 12.3. The van der Waals surface area contributed by atoms with Gasteiger partial charge in [0, 0.05) is 24.2 Å². The molecular weight excluding hydrogens is 276 g/mol. The standard InChI is InChI=1S/C15H23ClN2O2/c1-11(2)18(10-12(3)19)15(20)17-9-8-13-4-6-14(16)7-5-13/h4-7,11-12,19H,8-10H2,1-3H3,(H,17,20). The summed E-state index contributed by atoms with van der Waals surface area (Å²) in [5, 5.41) is 13.0. The summed E-state index contributed by atoms with van der Waals surface area (Å²) >= 11 is 5.82. The van der Waals surface area contributed by atoms with Crippen LogP contribution in [0.4, 0.5) is 4.79 Å². The lowest BCUT2D eigenvalue weighted by Crippen LogP contribution is -2.47. The molecule has 0 saturated carbocycles. The average Bonchev–Trinajstić information content (AvgIpc) is 2.37. The lowest BCUT2D eigenvalue weighted by atomic mass is 10.1. The predicted octanol–water partition coefficient (Wildman–Crippen LogP) is 2.68. The van der Waals surface area contributed by atoms with Crippen LogP contribution in [-0.4, -0.2) is 41.3 Å². The van der Waals surface area contributed by atoms with Crippen molar-refractivity contribution < 1.29 is 9.90 Å². The quantitative estimate of drug-likeness (QED) is 0.848. The summed E-state index contributed by atoms with van der Waals surface area (Å²) < 4.78 is 0. The number of amides is 2. The molecular formula is C15H23ClN2O2. The van der Waals surface area contributed by atoms with Crippen LogP contribution in [-0.2, 0) is 6.42 Å². The Morgan fingerprint density at radius 3 is 2.40 bits per heavy atom. The van der Waals surface area contributed by atoms with Gasteiger partial charge in [-0.1, -0.05) is 23.7 Å². The zero-order valence-corrected chi connectivity index (χ0v) is 13.0. The van der Waals surface area contributed by atoms with Gasteiger partial charge >= 0.3 is 6.03 Å². The lowest BCUT2D eigenvalue weighted by Gasteiger charge is -2.28. The molecule has 1 aromatic rings. The largest absolute Gasteiger partial charge is 0.392 e. The van der Waals surface area contributed by atoms with Gasteiger partial charge in [-0.05, 0) is 44.9 Å². The number of aliphatic hydroxyl groups excluding tert-OH is 1. The molecule has 4 nitrogen and oxygen atoms in total. The van der Waals surface area contributed by atoms with Crippen LogP contribution in [0, 0.1) is 0 Å². The predicted molar refractivity (Wildman–Crippen MR) is 82.1 cm³/mol. The molecule has 0 aliphatic carbocycles. The van der Waals surface area contributed by atoms with Gasteiger partial charge in [0.2, 0.25) is 0 Å². The van der Waals surface area contributed by atoms with E-state index in [4.69, 9.17) is 11.6 Å². The average molecular weight is 299 g/mol. The first-order valence-electron chi connectivity index (χ1n) is 6.87. The van der Waals surface area contributed by atoms with Crippen molar-refractivity contribution in [3.05, 3.63) is 34.9 Å². The van der Waals surface area contributed by atoms with Crippen molar-refractivity contribution in [2.24, 2.45) is 0 Å². The van der Waals surface area contributed by atoms with E-state index in [0.717, 1.165) is 12.0 Å². The van der Waals surface area contributed by atoms with Crippen LogP contribution in [0.5, 0.6) is 0 Å². The summed E-state index contributed by atoms with van der Waals surface area (Å²) in [6, 6.07) is 7.49. The first kappa shape index (κ1) is 16.8. The highest BCUT2D eigenvalue weighted by atomic mass is 35.5. The van der Waals surface area contributed by atoms with Crippen LogP contribution < -0.4 is 5.32 Å². The Labute approximate surface area is 125 Å². The second-order valence-electron chi connectivity index (χ2n) is 5.20. The number of hydrogen-bond acceptors (Lipinski definition) is 2. The van der Waals surface area contributed by atoms with Crippen LogP contribution in [0.15, 0.2) is 24.3 Å². The smallest absolute Gasteiger partial charge is 0.317 e. The SMILES string of the molecule is CC(O)CN(C(=O)NCCc1ccc(Cl)cc1)C(C)C. The van der Waals surface area contributed by atoms with Crippen molar-refractivity contribution in [2.45, 2.75) is 39.3 Å². The third-order valence-electron chi connectivity index (χ3n) is 2.95. The molecule has 1 rings (SSSR count). The van der Waals surface area contributed by atoms with Crippen molar-refractivity contribution in [2.75, 3.05) is 13.1 Å². The van der Waals surface area contributed by atoms with E-state index in [1.807, 2.05) is 38.1 Å². The van der Waals surface area contributed by atoms with Crippen LogP contribution in [0.3, 0.4) is 0 Å². The Morgan fingerprint density at radius 1 is 1.30 bits per heavy atom. The molecule has 0 spiro atoms. The van der Waals surface area contributed by atoms with Gasteiger partial charge in [-0.15, -0.1) is 0 Å². The third kappa shape index (κ3) is 5.80. The topological polar surface area (TPSA) is 52.6 Å². The minimum Gasteiger partial charge on any atom is -0.392 e. The Hall–Kier alpha value is -1.26. The minimum atomic E-state index is -0.528. The Morgan fingerprint density at radius 2 is 1.90 bits per heavy atom. The Bertz CT molecular complexity index is 418. The van der Waals surface area contributed by atoms with Crippen LogP contribution in [0.2, 0.25) is 5.02 Å².